The quantitative estimate of drug-likeness (QED) is 0.504. The van der Waals surface area contributed by atoms with Crippen molar-refractivity contribution in [3.8, 4) is 11.5 Å². The maximum Gasteiger partial charge on any atom is 0.316 e. The first-order chi connectivity index (χ1) is 8.69. The van der Waals surface area contributed by atoms with Gasteiger partial charge in [-0.1, -0.05) is 24.3 Å². The third-order valence-corrected chi connectivity index (χ3v) is 2.15. The zero-order valence-corrected chi connectivity index (χ0v) is 10.9. The Labute approximate surface area is 120 Å². The SMILES string of the molecule is Oc1ccccc1C=[OH+].Oc1ccccc1C=[OH+].[Ni]. The number of hydrogen-bond acceptors (Lipinski definition) is 2. The molecule has 0 aromatic heterocycles. The molecule has 2 aromatic rings. The van der Waals surface area contributed by atoms with Crippen molar-refractivity contribution in [3.05, 3.63) is 59.7 Å². The maximum absolute atomic E-state index is 8.92. The van der Waals surface area contributed by atoms with Crippen LogP contribution in [0.4, 0.5) is 0 Å². The first-order valence-corrected chi connectivity index (χ1v) is 5.20. The fourth-order valence-corrected chi connectivity index (χ4v) is 1.19. The van der Waals surface area contributed by atoms with Gasteiger partial charge in [-0.3, -0.25) is 9.59 Å². The first-order valence-electron chi connectivity index (χ1n) is 5.20. The summed E-state index contributed by atoms with van der Waals surface area (Å²) in [5, 5.41) is 17.8. The molecule has 19 heavy (non-hydrogen) atoms. The van der Waals surface area contributed by atoms with Crippen molar-refractivity contribution < 1.29 is 36.3 Å². The first kappa shape index (κ1) is 16.9. The molecule has 4 nitrogen and oxygen atoms in total. The van der Waals surface area contributed by atoms with Crippen LogP contribution in [0, 0.1) is 0 Å². The molecule has 0 heterocycles. The van der Waals surface area contributed by atoms with Crippen LogP contribution >= 0.6 is 0 Å². The standard InChI is InChI=1S/2C7H6O2.Ni/c2*8-5-6-3-1-2-4-7(6)9;/h2*1-5,9H;/p+2. The summed E-state index contributed by atoms with van der Waals surface area (Å²) in [6, 6.07) is 13.1. The summed E-state index contributed by atoms with van der Waals surface area (Å²) >= 11 is 0. The monoisotopic (exact) mass is 304 g/mol. The summed E-state index contributed by atoms with van der Waals surface area (Å²) in [6.07, 6.45) is 1.74. The number of aromatic hydroxyl groups is 2. The normalized spacial score (nSPS) is 8.42. The molecule has 4 N–H and O–H groups in total. The average molecular weight is 305 g/mol. The van der Waals surface area contributed by atoms with E-state index in [1.54, 1.807) is 36.4 Å². The number of para-hydroxylation sites is 2. The molecule has 5 heteroatoms. The predicted molar refractivity (Wildman–Crippen MR) is 70.4 cm³/mol. The molecule has 2 aromatic carbocycles. The third-order valence-electron chi connectivity index (χ3n) is 2.15. The van der Waals surface area contributed by atoms with Crippen molar-refractivity contribution in [2.24, 2.45) is 0 Å². The van der Waals surface area contributed by atoms with Gasteiger partial charge >= 0.3 is 12.6 Å². The van der Waals surface area contributed by atoms with E-state index in [2.05, 4.69) is 0 Å². The third kappa shape index (κ3) is 5.36. The Morgan fingerprint density at radius 3 is 1.21 bits per heavy atom. The molecule has 0 saturated carbocycles. The van der Waals surface area contributed by atoms with Crippen LogP contribution < -0.4 is 0 Å². The second kappa shape index (κ2) is 8.89. The molecule has 0 aliphatic heterocycles. The second-order valence-corrected chi connectivity index (χ2v) is 3.38. The van der Waals surface area contributed by atoms with Crippen LogP contribution in [-0.4, -0.2) is 32.4 Å². The summed E-state index contributed by atoms with van der Waals surface area (Å²) < 4.78 is 0. The number of hydrogen-bond donors (Lipinski definition) is 2. The van der Waals surface area contributed by atoms with Crippen LogP contribution in [0.25, 0.3) is 0 Å². The van der Waals surface area contributed by atoms with Gasteiger partial charge in [-0.2, -0.15) is 0 Å². The van der Waals surface area contributed by atoms with Gasteiger partial charge in [0.1, 0.15) is 22.6 Å². The van der Waals surface area contributed by atoms with Crippen LogP contribution in [0.2, 0.25) is 0 Å². The van der Waals surface area contributed by atoms with E-state index in [4.69, 9.17) is 19.8 Å². The number of aldehydes is 2. The van der Waals surface area contributed by atoms with Crippen LogP contribution in [0.1, 0.15) is 11.1 Å². The molecular weight excluding hydrogens is 291 g/mol. The molecule has 0 saturated heterocycles. The number of carbonyl (C=O) groups excluding carboxylic acids is 2. The largest absolute Gasteiger partial charge is 0.507 e. The molecule has 102 valence electrons. The average Bonchev–Trinajstić information content (AvgIpc) is 2.41. The smallest absolute Gasteiger partial charge is 0.316 e. The summed E-state index contributed by atoms with van der Waals surface area (Å²) in [4.78, 5) is 16.9. The number of benzene rings is 2. The van der Waals surface area contributed by atoms with E-state index in [0.29, 0.717) is 11.1 Å². The zero-order valence-electron chi connectivity index (χ0n) is 9.88. The maximum atomic E-state index is 8.92. The second-order valence-electron chi connectivity index (χ2n) is 3.38. The van der Waals surface area contributed by atoms with Gasteiger partial charge in [-0.15, -0.1) is 0 Å². The van der Waals surface area contributed by atoms with E-state index < -0.39 is 0 Å². The number of phenolic OH excluding ortho intramolecular Hbond substituents is 2. The molecule has 0 amide bonds. The van der Waals surface area contributed by atoms with E-state index in [9.17, 15) is 0 Å². The van der Waals surface area contributed by atoms with Gasteiger partial charge in [-0.05, 0) is 24.3 Å². The molecule has 0 bridgehead atoms. The van der Waals surface area contributed by atoms with Gasteiger partial charge < -0.3 is 10.2 Å². The summed E-state index contributed by atoms with van der Waals surface area (Å²) in [5.41, 5.74) is 0.884. The molecule has 0 fully saturated rings. The van der Waals surface area contributed by atoms with E-state index in [1.165, 1.54) is 12.1 Å². The molecular formula is C14H14NiO4+2. The van der Waals surface area contributed by atoms with Gasteiger partial charge in [0, 0.05) is 16.5 Å². The number of rotatable bonds is 2. The Morgan fingerprint density at radius 2 is 1.00 bits per heavy atom. The molecule has 0 radical (unpaired) electrons. The topological polar surface area (TPSA) is 83.3 Å². The Balaban J connectivity index is 0.000000324. The molecule has 0 aliphatic rings. The van der Waals surface area contributed by atoms with E-state index >= 15 is 0 Å². The Morgan fingerprint density at radius 1 is 0.684 bits per heavy atom. The van der Waals surface area contributed by atoms with Crippen molar-refractivity contribution in [2.75, 3.05) is 0 Å². The zero-order chi connectivity index (χ0) is 13.4. The fraction of sp³-hybridized carbons (Fsp3) is 0. The van der Waals surface area contributed by atoms with Crippen molar-refractivity contribution in [1.82, 2.24) is 0 Å². The summed E-state index contributed by atoms with van der Waals surface area (Å²) in [5.74, 6) is 0.194. The van der Waals surface area contributed by atoms with Crippen LogP contribution in [0.5, 0.6) is 11.5 Å². The van der Waals surface area contributed by atoms with E-state index in [0.717, 1.165) is 12.6 Å². The molecule has 0 spiro atoms. The van der Waals surface area contributed by atoms with Crippen molar-refractivity contribution >= 4 is 12.6 Å². The minimum absolute atomic E-state index is 0. The minimum atomic E-state index is 0. The van der Waals surface area contributed by atoms with Gasteiger partial charge in [0.2, 0.25) is 0 Å². The Kier molecular flexibility index (Phi) is 7.90. The van der Waals surface area contributed by atoms with Crippen molar-refractivity contribution in [2.45, 2.75) is 0 Å². The van der Waals surface area contributed by atoms with E-state index in [1.807, 2.05) is 0 Å². The van der Waals surface area contributed by atoms with Crippen molar-refractivity contribution in [3.63, 3.8) is 0 Å². The predicted octanol–water partition coefficient (Wildman–Crippen LogP) is 1.83. The summed E-state index contributed by atoms with van der Waals surface area (Å²) in [6.45, 7) is 0. The van der Waals surface area contributed by atoms with Gasteiger partial charge in [-0.25, -0.2) is 0 Å². The van der Waals surface area contributed by atoms with Crippen LogP contribution in [0.15, 0.2) is 48.5 Å². The van der Waals surface area contributed by atoms with Crippen LogP contribution in [-0.2, 0) is 16.5 Å². The number of phenols is 2. The minimum Gasteiger partial charge on any atom is -0.507 e. The van der Waals surface area contributed by atoms with Crippen molar-refractivity contribution in [1.29, 1.82) is 0 Å². The summed E-state index contributed by atoms with van der Waals surface area (Å²) in [7, 11) is 0. The molecule has 2 rings (SSSR count). The van der Waals surface area contributed by atoms with Gasteiger partial charge in [0.25, 0.3) is 0 Å². The van der Waals surface area contributed by atoms with E-state index in [-0.39, 0.29) is 28.0 Å². The van der Waals surface area contributed by atoms with Gasteiger partial charge in [0.15, 0.2) is 0 Å². The van der Waals surface area contributed by atoms with Crippen LogP contribution in [0.3, 0.4) is 0 Å². The Hall–Kier alpha value is -2.13. The molecule has 0 aliphatic carbocycles. The Bertz CT molecular complexity index is 491. The fourth-order valence-electron chi connectivity index (χ4n) is 1.19. The molecule has 0 unspecified atom stereocenters. The molecule has 0 atom stereocenters. The van der Waals surface area contributed by atoms with Gasteiger partial charge in [0.05, 0.1) is 0 Å².